The lowest BCUT2D eigenvalue weighted by Crippen LogP contribution is -2.51. The highest BCUT2D eigenvalue weighted by molar-refractivity contribution is 5.98. The summed E-state index contributed by atoms with van der Waals surface area (Å²) in [4.78, 5) is 28.6. The Labute approximate surface area is 169 Å². The number of hydrogen-bond acceptors (Lipinski definition) is 4. The number of carbonyl (C=O) groups is 2. The molecule has 0 unspecified atom stereocenters. The fourth-order valence-corrected chi connectivity index (χ4v) is 3.77. The third kappa shape index (κ3) is 3.85. The van der Waals surface area contributed by atoms with Gasteiger partial charge in [-0.3, -0.25) is 4.79 Å². The molecular weight excluding hydrogens is 370 g/mol. The van der Waals surface area contributed by atoms with E-state index in [9.17, 15) is 9.59 Å². The summed E-state index contributed by atoms with van der Waals surface area (Å²) in [5.74, 6) is -0.0486. The molecule has 2 aromatic heterocycles. The molecule has 1 aliphatic heterocycles. The Morgan fingerprint density at radius 1 is 1.07 bits per heavy atom. The highest BCUT2D eigenvalue weighted by Gasteiger charge is 2.28. The van der Waals surface area contributed by atoms with Crippen molar-refractivity contribution in [3.8, 4) is 0 Å². The van der Waals surface area contributed by atoms with Gasteiger partial charge in [-0.15, -0.1) is 0 Å². The first kappa shape index (κ1) is 19.1. The second kappa shape index (κ2) is 8.03. The van der Waals surface area contributed by atoms with E-state index in [1.54, 1.807) is 23.0 Å². The van der Waals surface area contributed by atoms with Crippen LogP contribution in [0.3, 0.4) is 0 Å². The molecule has 1 aliphatic rings. The van der Waals surface area contributed by atoms with Gasteiger partial charge in [-0.25, -0.2) is 4.79 Å². The maximum absolute atomic E-state index is 13.3. The fraction of sp³-hybridized carbons (Fsp3) is 0.364. The van der Waals surface area contributed by atoms with Crippen LogP contribution in [0.2, 0.25) is 0 Å². The van der Waals surface area contributed by atoms with Gasteiger partial charge in [0.05, 0.1) is 19.4 Å². The van der Waals surface area contributed by atoms with Crippen molar-refractivity contribution in [3.05, 3.63) is 59.5 Å². The molecule has 1 saturated heterocycles. The van der Waals surface area contributed by atoms with Crippen LogP contribution in [0, 0.1) is 6.92 Å². The van der Waals surface area contributed by atoms with Crippen LogP contribution in [0.1, 0.15) is 28.5 Å². The van der Waals surface area contributed by atoms with Crippen LogP contribution in [0.15, 0.2) is 47.1 Å². The number of nitrogens with zero attached hydrogens (tertiary/aromatic N) is 3. The van der Waals surface area contributed by atoms with E-state index >= 15 is 0 Å². The van der Waals surface area contributed by atoms with Crippen molar-refractivity contribution in [2.75, 3.05) is 32.8 Å². The van der Waals surface area contributed by atoms with E-state index in [2.05, 4.69) is 19.1 Å². The van der Waals surface area contributed by atoms with Gasteiger partial charge in [-0.1, -0.05) is 29.8 Å². The van der Waals surface area contributed by atoms with Gasteiger partial charge in [-0.2, -0.15) is 0 Å². The minimum atomic E-state index is -0.320. The average molecular weight is 395 g/mol. The van der Waals surface area contributed by atoms with Crippen LogP contribution >= 0.6 is 0 Å². The van der Waals surface area contributed by atoms with Gasteiger partial charge >= 0.3 is 6.09 Å². The lowest BCUT2D eigenvalue weighted by molar-refractivity contribution is 0.0562. The Morgan fingerprint density at radius 3 is 2.55 bits per heavy atom. The normalized spacial score (nSPS) is 14.4. The van der Waals surface area contributed by atoms with Crippen molar-refractivity contribution in [2.24, 2.45) is 0 Å². The fourth-order valence-electron chi connectivity index (χ4n) is 3.77. The van der Waals surface area contributed by atoms with Gasteiger partial charge in [0.25, 0.3) is 5.91 Å². The Kier molecular flexibility index (Phi) is 5.29. The number of aryl methyl sites for hydroxylation is 1. The Balaban J connectivity index is 1.55. The lowest BCUT2D eigenvalue weighted by Gasteiger charge is -2.34. The number of fused-ring (bicyclic) bond motifs is 1. The first-order chi connectivity index (χ1) is 14.1. The first-order valence-electron chi connectivity index (χ1n) is 9.90. The Bertz CT molecular complexity index is 1030. The molecule has 0 spiro atoms. The van der Waals surface area contributed by atoms with Crippen molar-refractivity contribution in [1.82, 2.24) is 14.4 Å². The Hall–Kier alpha value is -3.22. The molecule has 0 aliphatic carbocycles. The van der Waals surface area contributed by atoms with E-state index in [1.807, 2.05) is 28.8 Å². The molecule has 3 aromatic rings. The molecule has 0 atom stereocenters. The van der Waals surface area contributed by atoms with Gasteiger partial charge in [-0.05, 0) is 31.5 Å². The number of benzene rings is 1. The first-order valence-corrected chi connectivity index (χ1v) is 9.90. The molecule has 4 rings (SSSR count). The second-order valence-corrected chi connectivity index (χ2v) is 7.26. The smallest absolute Gasteiger partial charge is 0.409 e. The molecule has 152 valence electrons. The quantitative estimate of drug-likeness (QED) is 0.678. The van der Waals surface area contributed by atoms with E-state index < -0.39 is 0 Å². The highest BCUT2D eigenvalue weighted by atomic mass is 16.6. The highest BCUT2D eigenvalue weighted by Crippen LogP contribution is 2.24. The summed E-state index contributed by atoms with van der Waals surface area (Å²) in [6.45, 7) is 6.65. The van der Waals surface area contributed by atoms with Crippen LogP contribution in [0.5, 0.6) is 0 Å². The third-order valence-corrected chi connectivity index (χ3v) is 5.24. The van der Waals surface area contributed by atoms with Gasteiger partial charge in [0.2, 0.25) is 5.71 Å². The number of aromatic nitrogens is 1. The Morgan fingerprint density at radius 2 is 1.83 bits per heavy atom. The number of hydrogen-bond donors (Lipinski definition) is 0. The molecule has 0 N–H and O–H groups in total. The van der Waals surface area contributed by atoms with Crippen LogP contribution < -0.4 is 0 Å². The molecule has 3 heterocycles. The lowest BCUT2D eigenvalue weighted by atomic mass is 10.1. The minimum absolute atomic E-state index is 0.0486. The van der Waals surface area contributed by atoms with E-state index in [1.165, 1.54) is 5.56 Å². The molecule has 29 heavy (non-hydrogen) atoms. The number of amides is 2. The van der Waals surface area contributed by atoms with Crippen molar-refractivity contribution >= 4 is 23.1 Å². The average Bonchev–Trinajstić information content (AvgIpc) is 3.30. The van der Waals surface area contributed by atoms with Gasteiger partial charge in [0.1, 0.15) is 5.69 Å². The van der Waals surface area contributed by atoms with Crippen molar-refractivity contribution in [2.45, 2.75) is 20.4 Å². The van der Waals surface area contributed by atoms with E-state index in [-0.39, 0.29) is 12.0 Å². The zero-order valence-corrected chi connectivity index (χ0v) is 16.8. The molecule has 2 amide bonds. The molecule has 7 nitrogen and oxygen atoms in total. The third-order valence-electron chi connectivity index (χ3n) is 5.24. The zero-order valence-electron chi connectivity index (χ0n) is 16.8. The van der Waals surface area contributed by atoms with Crippen LogP contribution in [-0.2, 0) is 11.3 Å². The number of furan rings is 1. The van der Waals surface area contributed by atoms with Crippen molar-refractivity contribution in [3.63, 3.8) is 0 Å². The van der Waals surface area contributed by atoms with Crippen LogP contribution in [0.4, 0.5) is 4.79 Å². The molecule has 0 bridgehead atoms. The second-order valence-electron chi connectivity index (χ2n) is 7.26. The van der Waals surface area contributed by atoms with Gasteiger partial charge in [0.15, 0.2) is 0 Å². The molecule has 1 aromatic carbocycles. The molecule has 1 fully saturated rings. The van der Waals surface area contributed by atoms with Crippen LogP contribution in [-0.4, -0.2) is 59.2 Å². The number of piperazine rings is 1. The standard InChI is InChI=1S/C22H25N3O4/c1-3-28-22(27)24-10-8-23(9-11-24)20(26)19-14-18-7-12-29-21(18)25(19)15-17-6-4-5-16(2)13-17/h4-7,12-14H,3,8-11,15H2,1-2H3. The number of rotatable bonds is 4. The molecule has 0 saturated carbocycles. The van der Waals surface area contributed by atoms with E-state index in [0.29, 0.717) is 50.7 Å². The summed E-state index contributed by atoms with van der Waals surface area (Å²) in [7, 11) is 0. The summed E-state index contributed by atoms with van der Waals surface area (Å²) < 4.78 is 12.7. The van der Waals surface area contributed by atoms with E-state index in [0.717, 1.165) is 10.9 Å². The predicted octanol–water partition coefficient (Wildman–Crippen LogP) is 3.51. The van der Waals surface area contributed by atoms with Gasteiger partial charge < -0.3 is 23.5 Å². The van der Waals surface area contributed by atoms with Crippen LogP contribution in [0.25, 0.3) is 11.1 Å². The van der Waals surface area contributed by atoms with Crippen molar-refractivity contribution < 1.29 is 18.7 Å². The minimum Gasteiger partial charge on any atom is -0.450 e. The maximum atomic E-state index is 13.3. The topological polar surface area (TPSA) is 67.9 Å². The number of carbonyl (C=O) groups excluding carboxylic acids is 2. The zero-order chi connectivity index (χ0) is 20.4. The summed E-state index contributed by atoms with van der Waals surface area (Å²) in [6, 6.07) is 12.0. The van der Waals surface area contributed by atoms with Crippen molar-refractivity contribution in [1.29, 1.82) is 0 Å². The SMILES string of the molecule is CCOC(=O)N1CCN(C(=O)c2cc3ccoc3n2Cc2cccc(C)c2)CC1. The summed E-state index contributed by atoms with van der Waals surface area (Å²) in [6.07, 6.45) is 1.32. The number of ether oxygens (including phenoxy) is 1. The predicted molar refractivity (Wildman–Crippen MR) is 109 cm³/mol. The molecule has 7 heteroatoms. The summed E-state index contributed by atoms with van der Waals surface area (Å²) >= 11 is 0. The van der Waals surface area contributed by atoms with Gasteiger partial charge in [0, 0.05) is 31.6 Å². The molecule has 0 radical (unpaired) electrons. The molecular formula is C22H25N3O4. The maximum Gasteiger partial charge on any atom is 0.409 e. The summed E-state index contributed by atoms with van der Waals surface area (Å²) in [5.41, 5.74) is 3.58. The largest absolute Gasteiger partial charge is 0.450 e. The summed E-state index contributed by atoms with van der Waals surface area (Å²) in [5, 5.41) is 0.908. The monoisotopic (exact) mass is 395 g/mol. The van der Waals surface area contributed by atoms with E-state index in [4.69, 9.17) is 9.15 Å².